The third kappa shape index (κ3) is 3.13. The van der Waals surface area contributed by atoms with Gasteiger partial charge in [-0.2, -0.15) is 0 Å². The van der Waals surface area contributed by atoms with Crippen molar-refractivity contribution >= 4 is 17.3 Å². The van der Waals surface area contributed by atoms with Gasteiger partial charge >= 0.3 is 0 Å². The molecule has 2 atom stereocenters. The summed E-state index contributed by atoms with van der Waals surface area (Å²) in [6.07, 6.45) is 4.86. The molecule has 0 spiro atoms. The minimum atomic E-state index is 0.395. The Balaban J connectivity index is 1.85. The lowest BCUT2D eigenvalue weighted by atomic mass is 9.86. The zero-order chi connectivity index (χ0) is 11.4. The molecule has 0 heterocycles. The molecule has 0 bridgehead atoms. The van der Waals surface area contributed by atoms with Crippen molar-refractivity contribution in [3.63, 3.8) is 0 Å². The molecule has 2 nitrogen and oxygen atoms in total. The summed E-state index contributed by atoms with van der Waals surface area (Å²) in [6, 6.07) is 8.28. The minimum absolute atomic E-state index is 0.395. The highest BCUT2D eigenvalue weighted by molar-refractivity contribution is 6.33. The molecule has 16 heavy (non-hydrogen) atoms. The third-order valence-electron chi connectivity index (χ3n) is 3.28. The molecular weight excluding hydrogens is 220 g/mol. The van der Waals surface area contributed by atoms with Crippen molar-refractivity contribution in [2.45, 2.75) is 31.7 Å². The largest absolute Gasteiger partial charge is 0.384 e. The van der Waals surface area contributed by atoms with Crippen molar-refractivity contribution in [1.82, 2.24) is 0 Å². The summed E-state index contributed by atoms with van der Waals surface area (Å²) in [7, 11) is 0. The van der Waals surface area contributed by atoms with Crippen LogP contribution in [0, 0.1) is 5.92 Å². The van der Waals surface area contributed by atoms with Crippen molar-refractivity contribution in [3.8, 4) is 0 Å². The molecule has 1 aliphatic carbocycles. The predicted octanol–water partition coefficient (Wildman–Crippen LogP) is 3.27. The SMILES string of the molecule is NC1CCCC(CNc2ccccc2Cl)C1. The molecule has 0 saturated heterocycles. The first-order chi connectivity index (χ1) is 7.75. The molecule has 2 rings (SSSR count). The Labute approximate surface area is 102 Å². The Morgan fingerprint density at radius 2 is 2.12 bits per heavy atom. The maximum Gasteiger partial charge on any atom is 0.0637 e. The van der Waals surface area contributed by atoms with Gasteiger partial charge in [0.25, 0.3) is 0 Å². The van der Waals surface area contributed by atoms with Crippen LogP contribution < -0.4 is 11.1 Å². The van der Waals surface area contributed by atoms with E-state index in [1.165, 1.54) is 19.3 Å². The van der Waals surface area contributed by atoms with Crippen LogP contribution in [0.25, 0.3) is 0 Å². The zero-order valence-electron chi connectivity index (χ0n) is 9.45. The van der Waals surface area contributed by atoms with Crippen molar-refractivity contribution in [3.05, 3.63) is 29.3 Å². The molecule has 1 aromatic carbocycles. The molecule has 1 saturated carbocycles. The lowest BCUT2D eigenvalue weighted by Gasteiger charge is -2.27. The lowest BCUT2D eigenvalue weighted by molar-refractivity contribution is 0.335. The van der Waals surface area contributed by atoms with Gasteiger partial charge in [-0.05, 0) is 37.3 Å². The lowest BCUT2D eigenvalue weighted by Crippen LogP contribution is -2.30. The predicted molar refractivity (Wildman–Crippen MR) is 69.9 cm³/mol. The van der Waals surface area contributed by atoms with Crippen molar-refractivity contribution in [2.24, 2.45) is 11.7 Å². The molecule has 3 heteroatoms. The number of rotatable bonds is 3. The summed E-state index contributed by atoms with van der Waals surface area (Å²) in [5, 5.41) is 4.21. The summed E-state index contributed by atoms with van der Waals surface area (Å²) >= 11 is 6.08. The molecule has 0 amide bonds. The number of hydrogen-bond donors (Lipinski definition) is 2. The van der Waals surface area contributed by atoms with E-state index in [0.717, 1.165) is 23.7 Å². The highest BCUT2D eigenvalue weighted by atomic mass is 35.5. The quantitative estimate of drug-likeness (QED) is 0.848. The van der Waals surface area contributed by atoms with Gasteiger partial charge < -0.3 is 11.1 Å². The number of benzene rings is 1. The van der Waals surface area contributed by atoms with Crippen LogP contribution in [0.3, 0.4) is 0 Å². The van der Waals surface area contributed by atoms with Gasteiger partial charge in [0.2, 0.25) is 0 Å². The second-order valence-electron chi connectivity index (χ2n) is 4.65. The first-order valence-electron chi connectivity index (χ1n) is 5.99. The molecule has 1 aliphatic rings. The average molecular weight is 239 g/mol. The number of hydrogen-bond acceptors (Lipinski definition) is 2. The number of para-hydroxylation sites is 1. The van der Waals surface area contributed by atoms with Crippen LogP contribution in [-0.2, 0) is 0 Å². The number of halogens is 1. The van der Waals surface area contributed by atoms with Crippen molar-refractivity contribution < 1.29 is 0 Å². The van der Waals surface area contributed by atoms with Crippen LogP contribution in [0.2, 0.25) is 5.02 Å². The maximum absolute atomic E-state index is 6.08. The fraction of sp³-hybridized carbons (Fsp3) is 0.538. The van der Waals surface area contributed by atoms with E-state index in [4.69, 9.17) is 17.3 Å². The van der Waals surface area contributed by atoms with Gasteiger partial charge in [-0.25, -0.2) is 0 Å². The van der Waals surface area contributed by atoms with E-state index in [0.29, 0.717) is 12.0 Å². The molecule has 0 radical (unpaired) electrons. The van der Waals surface area contributed by atoms with Crippen LogP contribution in [0.15, 0.2) is 24.3 Å². The van der Waals surface area contributed by atoms with Gasteiger partial charge in [-0.3, -0.25) is 0 Å². The normalized spacial score (nSPS) is 25.4. The van der Waals surface area contributed by atoms with E-state index in [1.54, 1.807) is 0 Å². The Bertz CT molecular complexity index is 340. The topological polar surface area (TPSA) is 38.0 Å². The van der Waals surface area contributed by atoms with Crippen LogP contribution in [0.1, 0.15) is 25.7 Å². The van der Waals surface area contributed by atoms with Gasteiger partial charge in [0.1, 0.15) is 0 Å². The second kappa shape index (κ2) is 5.55. The molecular formula is C13H19ClN2. The first kappa shape index (κ1) is 11.7. The molecule has 88 valence electrons. The standard InChI is InChI=1S/C13H19ClN2/c14-12-6-1-2-7-13(12)16-9-10-4-3-5-11(15)8-10/h1-2,6-7,10-11,16H,3-5,8-9,15H2. The van der Waals surface area contributed by atoms with Gasteiger partial charge in [0.05, 0.1) is 10.7 Å². The van der Waals surface area contributed by atoms with Crippen LogP contribution in [-0.4, -0.2) is 12.6 Å². The van der Waals surface area contributed by atoms with Crippen LogP contribution >= 0.6 is 11.6 Å². The van der Waals surface area contributed by atoms with E-state index < -0.39 is 0 Å². The van der Waals surface area contributed by atoms with Gasteiger partial charge in [0, 0.05) is 12.6 Å². The van der Waals surface area contributed by atoms with E-state index in [2.05, 4.69) is 5.32 Å². The Hall–Kier alpha value is -0.730. The number of nitrogens with two attached hydrogens (primary N) is 1. The summed E-state index contributed by atoms with van der Waals surface area (Å²) in [5.74, 6) is 0.694. The molecule has 0 aliphatic heterocycles. The Morgan fingerprint density at radius 1 is 1.31 bits per heavy atom. The minimum Gasteiger partial charge on any atom is -0.384 e. The number of anilines is 1. The monoisotopic (exact) mass is 238 g/mol. The second-order valence-corrected chi connectivity index (χ2v) is 5.06. The van der Waals surface area contributed by atoms with Crippen LogP contribution in [0.4, 0.5) is 5.69 Å². The summed E-state index contributed by atoms with van der Waals surface area (Å²) in [6.45, 7) is 0.984. The smallest absolute Gasteiger partial charge is 0.0637 e. The highest BCUT2D eigenvalue weighted by Gasteiger charge is 2.18. The molecule has 2 unspecified atom stereocenters. The van der Waals surface area contributed by atoms with E-state index >= 15 is 0 Å². The average Bonchev–Trinajstić information content (AvgIpc) is 2.28. The first-order valence-corrected chi connectivity index (χ1v) is 6.37. The fourth-order valence-corrected chi connectivity index (χ4v) is 2.58. The molecule has 1 aromatic rings. The van der Waals surface area contributed by atoms with Crippen molar-refractivity contribution in [1.29, 1.82) is 0 Å². The number of nitrogens with one attached hydrogen (secondary N) is 1. The summed E-state index contributed by atoms with van der Waals surface area (Å²) in [4.78, 5) is 0. The van der Waals surface area contributed by atoms with Gasteiger partial charge in [0.15, 0.2) is 0 Å². The van der Waals surface area contributed by atoms with E-state index in [9.17, 15) is 0 Å². The Kier molecular flexibility index (Phi) is 4.08. The highest BCUT2D eigenvalue weighted by Crippen LogP contribution is 2.25. The van der Waals surface area contributed by atoms with E-state index in [-0.39, 0.29) is 0 Å². The van der Waals surface area contributed by atoms with Crippen molar-refractivity contribution in [2.75, 3.05) is 11.9 Å². The maximum atomic E-state index is 6.08. The summed E-state index contributed by atoms with van der Waals surface area (Å²) < 4.78 is 0. The van der Waals surface area contributed by atoms with Gasteiger partial charge in [-0.15, -0.1) is 0 Å². The zero-order valence-corrected chi connectivity index (χ0v) is 10.2. The molecule has 3 N–H and O–H groups in total. The van der Waals surface area contributed by atoms with Crippen LogP contribution in [0.5, 0.6) is 0 Å². The molecule has 0 aromatic heterocycles. The van der Waals surface area contributed by atoms with E-state index in [1.807, 2.05) is 24.3 Å². The Morgan fingerprint density at radius 3 is 2.88 bits per heavy atom. The van der Waals surface area contributed by atoms with Gasteiger partial charge in [-0.1, -0.05) is 30.2 Å². The fourth-order valence-electron chi connectivity index (χ4n) is 2.38. The summed E-state index contributed by atoms with van der Waals surface area (Å²) in [5.41, 5.74) is 7.00. The molecule has 1 fully saturated rings. The third-order valence-corrected chi connectivity index (χ3v) is 3.61.